The molecule has 0 spiro atoms. The van der Waals surface area contributed by atoms with E-state index in [1.807, 2.05) is 6.92 Å². The summed E-state index contributed by atoms with van der Waals surface area (Å²) in [6.45, 7) is 1.81. The van der Waals surface area contributed by atoms with Crippen molar-refractivity contribution in [3.63, 3.8) is 0 Å². The predicted molar refractivity (Wildman–Crippen MR) is 119 cm³/mol. The summed E-state index contributed by atoms with van der Waals surface area (Å²) in [5.74, 6) is -1.17. The lowest BCUT2D eigenvalue weighted by atomic mass is 9.91. The number of nitrogens with zero attached hydrogens (tertiary/aromatic N) is 1. The van der Waals surface area contributed by atoms with Gasteiger partial charge in [-0.25, -0.2) is 0 Å². The maximum absolute atomic E-state index is 12.6. The van der Waals surface area contributed by atoms with Crippen LogP contribution in [-0.2, 0) is 0 Å². The van der Waals surface area contributed by atoms with Gasteiger partial charge in [0.1, 0.15) is 5.75 Å². The van der Waals surface area contributed by atoms with Crippen LogP contribution in [0.4, 0.5) is 5.69 Å². The number of halogens is 3. The molecule has 1 amide bonds. The third kappa shape index (κ3) is 4.73. The van der Waals surface area contributed by atoms with Crippen LogP contribution in [0.3, 0.4) is 0 Å². The van der Waals surface area contributed by atoms with Crippen LogP contribution in [0, 0.1) is 18.3 Å². The van der Waals surface area contributed by atoms with Gasteiger partial charge >= 0.3 is 0 Å². The van der Waals surface area contributed by atoms with Crippen molar-refractivity contribution in [1.29, 1.82) is 5.26 Å². The summed E-state index contributed by atoms with van der Waals surface area (Å²) in [5, 5.41) is 23.3. The monoisotopic (exact) mass is 488 g/mol. The van der Waals surface area contributed by atoms with Gasteiger partial charge in [-0.1, -0.05) is 57.3 Å². The Kier molecular flexibility index (Phi) is 6.49. The van der Waals surface area contributed by atoms with Gasteiger partial charge in [0.05, 0.1) is 17.6 Å². The lowest BCUT2D eigenvalue weighted by molar-refractivity contribution is 0.102. The first-order valence-electron chi connectivity index (χ1n) is 8.55. The number of aryl methyl sites for hydroxylation is 1. The Hall–Kier alpha value is -2.52. The van der Waals surface area contributed by atoms with Crippen molar-refractivity contribution in [3.8, 4) is 11.8 Å². The van der Waals surface area contributed by atoms with Gasteiger partial charge in [0.2, 0.25) is 0 Å². The summed E-state index contributed by atoms with van der Waals surface area (Å²) in [6.07, 6.45) is 0. The van der Waals surface area contributed by atoms with Crippen molar-refractivity contribution < 1.29 is 9.90 Å². The Morgan fingerprint density at radius 3 is 2.48 bits per heavy atom. The first-order valence-corrected chi connectivity index (χ1v) is 10.1. The molecule has 0 aliphatic rings. The van der Waals surface area contributed by atoms with Crippen LogP contribution in [-0.4, -0.2) is 11.0 Å². The fraction of sp³-hybridized carbons (Fsp3) is 0.0909. The molecule has 1 unspecified atom stereocenters. The number of hydrogen-bond donors (Lipinski definition) is 2. The topological polar surface area (TPSA) is 73.1 Å². The molecule has 0 radical (unpaired) electrons. The molecule has 0 bridgehead atoms. The smallest absolute Gasteiger partial charge is 0.259 e. The number of rotatable bonds is 4. The molecule has 7 heteroatoms. The number of phenolic OH excluding ortho intramolecular Hbond substituents is 1. The van der Waals surface area contributed by atoms with Crippen LogP contribution < -0.4 is 5.32 Å². The number of anilines is 1. The zero-order valence-electron chi connectivity index (χ0n) is 15.2. The Labute approximate surface area is 186 Å². The third-order valence-electron chi connectivity index (χ3n) is 4.44. The number of carbonyl (C=O) groups excluding carboxylic acids is 1. The molecule has 3 aromatic rings. The largest absolute Gasteiger partial charge is 0.507 e. The molecule has 29 heavy (non-hydrogen) atoms. The van der Waals surface area contributed by atoms with Crippen molar-refractivity contribution in [2.24, 2.45) is 0 Å². The van der Waals surface area contributed by atoms with Crippen LogP contribution in [0.5, 0.6) is 5.75 Å². The first-order chi connectivity index (χ1) is 13.8. The average Bonchev–Trinajstić information content (AvgIpc) is 2.69. The van der Waals surface area contributed by atoms with Crippen molar-refractivity contribution >= 4 is 50.7 Å². The van der Waals surface area contributed by atoms with Gasteiger partial charge in [-0.15, -0.1) is 0 Å². The highest BCUT2D eigenvalue weighted by molar-refractivity contribution is 9.10. The molecular formula is C22H15BrCl2N2O2. The highest BCUT2D eigenvalue weighted by atomic mass is 79.9. The Balaban J connectivity index is 1.93. The predicted octanol–water partition coefficient (Wildman–Crippen LogP) is 6.68. The van der Waals surface area contributed by atoms with E-state index in [9.17, 15) is 15.2 Å². The standard InChI is InChI=1S/C22H15BrCl2N2O2/c1-12-8-16(18(11-26)13-2-5-15(24)6-3-13)19(25)10-20(12)27-22(29)17-9-14(23)4-7-21(17)28/h2-10,18,28H,1H3,(H,27,29). The molecule has 0 saturated heterocycles. The molecule has 0 heterocycles. The van der Waals surface area contributed by atoms with Crippen LogP contribution >= 0.6 is 39.1 Å². The number of nitrogens with one attached hydrogen (secondary N) is 1. The van der Waals surface area contributed by atoms with E-state index in [0.29, 0.717) is 25.8 Å². The normalized spacial score (nSPS) is 11.6. The van der Waals surface area contributed by atoms with E-state index in [1.165, 1.54) is 12.1 Å². The Morgan fingerprint density at radius 2 is 1.83 bits per heavy atom. The van der Waals surface area contributed by atoms with Crippen LogP contribution in [0.1, 0.15) is 33.0 Å². The van der Waals surface area contributed by atoms with Gasteiger partial charge in [0.25, 0.3) is 5.91 Å². The number of nitriles is 1. The van der Waals surface area contributed by atoms with E-state index in [2.05, 4.69) is 27.3 Å². The lowest BCUT2D eigenvalue weighted by Crippen LogP contribution is -2.13. The zero-order valence-corrected chi connectivity index (χ0v) is 18.3. The van der Waals surface area contributed by atoms with Crippen molar-refractivity contribution in [2.45, 2.75) is 12.8 Å². The van der Waals surface area contributed by atoms with Gasteiger partial charge in [-0.2, -0.15) is 5.26 Å². The minimum Gasteiger partial charge on any atom is -0.507 e. The van der Waals surface area contributed by atoms with Crippen LogP contribution in [0.2, 0.25) is 10.0 Å². The number of benzene rings is 3. The maximum Gasteiger partial charge on any atom is 0.259 e. The summed E-state index contributed by atoms with van der Waals surface area (Å²) >= 11 is 15.7. The number of aromatic hydroxyl groups is 1. The number of hydrogen-bond acceptors (Lipinski definition) is 3. The third-order valence-corrected chi connectivity index (χ3v) is 5.51. The lowest BCUT2D eigenvalue weighted by Gasteiger charge is -2.16. The second kappa shape index (κ2) is 8.87. The summed E-state index contributed by atoms with van der Waals surface area (Å²) in [5.41, 5.74) is 2.78. The minimum absolute atomic E-state index is 0.127. The van der Waals surface area contributed by atoms with E-state index < -0.39 is 11.8 Å². The fourth-order valence-corrected chi connectivity index (χ4v) is 3.68. The second-order valence-electron chi connectivity index (χ2n) is 6.42. The summed E-state index contributed by atoms with van der Waals surface area (Å²) in [7, 11) is 0. The molecule has 3 aromatic carbocycles. The van der Waals surface area contributed by atoms with Gasteiger partial charge in [-0.05, 0) is 60.0 Å². The molecule has 2 N–H and O–H groups in total. The molecule has 0 saturated carbocycles. The highest BCUT2D eigenvalue weighted by Gasteiger charge is 2.20. The van der Waals surface area contributed by atoms with E-state index in [1.54, 1.807) is 42.5 Å². The van der Waals surface area contributed by atoms with Crippen LogP contribution in [0.15, 0.2) is 59.1 Å². The Morgan fingerprint density at radius 1 is 1.14 bits per heavy atom. The minimum atomic E-state index is -0.572. The fourth-order valence-electron chi connectivity index (χ4n) is 2.92. The van der Waals surface area contributed by atoms with Crippen molar-refractivity contribution in [2.75, 3.05) is 5.32 Å². The molecule has 0 fully saturated rings. The van der Waals surface area contributed by atoms with Crippen LogP contribution in [0.25, 0.3) is 0 Å². The van der Waals surface area contributed by atoms with E-state index in [0.717, 1.165) is 11.1 Å². The molecule has 0 aromatic heterocycles. The average molecular weight is 490 g/mol. The molecule has 3 rings (SSSR count). The summed E-state index contributed by atoms with van der Waals surface area (Å²) in [4.78, 5) is 12.6. The van der Waals surface area contributed by atoms with E-state index >= 15 is 0 Å². The van der Waals surface area contributed by atoms with Crippen molar-refractivity contribution in [3.05, 3.63) is 91.4 Å². The van der Waals surface area contributed by atoms with Gasteiger partial charge in [-0.3, -0.25) is 4.79 Å². The Bertz CT molecular complexity index is 1120. The van der Waals surface area contributed by atoms with Crippen molar-refractivity contribution in [1.82, 2.24) is 0 Å². The summed E-state index contributed by atoms with van der Waals surface area (Å²) < 4.78 is 0.672. The first kappa shape index (κ1) is 21.2. The quantitative estimate of drug-likeness (QED) is 0.429. The number of amides is 1. The van der Waals surface area contributed by atoms with E-state index in [4.69, 9.17) is 23.2 Å². The molecule has 1 atom stereocenters. The maximum atomic E-state index is 12.6. The summed E-state index contributed by atoms with van der Waals surface area (Å²) in [6, 6.07) is 17.3. The molecule has 146 valence electrons. The van der Waals surface area contributed by atoms with Gasteiger partial charge in [0.15, 0.2) is 0 Å². The van der Waals surface area contributed by atoms with E-state index in [-0.39, 0.29) is 11.3 Å². The molecular weight excluding hydrogens is 475 g/mol. The number of carbonyl (C=O) groups is 1. The SMILES string of the molecule is Cc1cc(C(C#N)c2ccc(Cl)cc2)c(Cl)cc1NC(=O)c1cc(Br)ccc1O. The van der Waals surface area contributed by atoms with Gasteiger partial charge in [0, 0.05) is 20.2 Å². The van der Waals surface area contributed by atoms with Gasteiger partial charge < -0.3 is 10.4 Å². The molecule has 0 aliphatic carbocycles. The number of phenols is 1. The molecule has 0 aliphatic heterocycles. The highest BCUT2D eigenvalue weighted by Crippen LogP contribution is 2.34. The molecule has 4 nitrogen and oxygen atoms in total. The zero-order chi connectivity index (χ0) is 21.1. The second-order valence-corrected chi connectivity index (χ2v) is 8.18.